The lowest BCUT2D eigenvalue weighted by Crippen LogP contribution is -2.30. The molecule has 0 bridgehead atoms. The van der Waals surface area contributed by atoms with Crippen molar-refractivity contribution in [2.75, 3.05) is 5.32 Å². The summed E-state index contributed by atoms with van der Waals surface area (Å²) in [7, 11) is 0. The zero-order chi connectivity index (χ0) is 17.5. The van der Waals surface area contributed by atoms with Crippen LogP contribution in [0.25, 0.3) is 0 Å². The summed E-state index contributed by atoms with van der Waals surface area (Å²) in [6.45, 7) is 1.48. The largest absolute Gasteiger partial charge is 0.453 e. The number of rotatable bonds is 7. The highest BCUT2D eigenvalue weighted by Crippen LogP contribution is 2.16. The maximum Gasteiger partial charge on any atom is 0.306 e. The molecule has 7 nitrogen and oxygen atoms in total. The van der Waals surface area contributed by atoms with E-state index in [9.17, 15) is 19.7 Å². The van der Waals surface area contributed by atoms with Crippen molar-refractivity contribution in [3.05, 3.63) is 56.8 Å². The summed E-state index contributed by atoms with van der Waals surface area (Å²) in [5.74, 6) is -0.944. The first-order valence-corrected chi connectivity index (χ1v) is 8.16. The van der Waals surface area contributed by atoms with E-state index in [1.165, 1.54) is 31.2 Å². The lowest BCUT2D eigenvalue weighted by Gasteiger charge is -2.13. The Morgan fingerprint density at radius 3 is 2.58 bits per heavy atom. The van der Waals surface area contributed by atoms with Crippen LogP contribution >= 0.6 is 11.3 Å². The van der Waals surface area contributed by atoms with Gasteiger partial charge in [0.05, 0.1) is 4.92 Å². The van der Waals surface area contributed by atoms with Crippen molar-refractivity contribution in [1.29, 1.82) is 0 Å². The number of nitrogens with one attached hydrogen (secondary N) is 1. The molecule has 1 aromatic carbocycles. The van der Waals surface area contributed by atoms with Crippen LogP contribution in [0.3, 0.4) is 0 Å². The molecule has 24 heavy (non-hydrogen) atoms. The van der Waals surface area contributed by atoms with Crippen molar-refractivity contribution >= 4 is 34.6 Å². The van der Waals surface area contributed by atoms with E-state index in [-0.39, 0.29) is 12.1 Å². The Balaban J connectivity index is 1.80. The number of benzene rings is 1. The van der Waals surface area contributed by atoms with Gasteiger partial charge in [0.1, 0.15) is 0 Å². The number of carbonyl (C=O) groups excluding carboxylic acids is 2. The lowest BCUT2D eigenvalue weighted by atomic mass is 10.2. The number of nitrogens with zero attached hydrogens (tertiary/aromatic N) is 1. The number of esters is 1. The van der Waals surface area contributed by atoms with Gasteiger partial charge >= 0.3 is 5.97 Å². The molecule has 0 aliphatic rings. The first-order valence-electron chi connectivity index (χ1n) is 7.21. The standard InChI is InChI=1S/C16H16N2O5S/c1-11(23-15(19)7-2-12-8-9-24-10-12)16(20)17-13-3-5-14(6-4-13)18(21)22/h3-6,8-11H,2,7H2,1H3,(H,17,20). The Kier molecular flexibility index (Phi) is 6.02. The quantitative estimate of drug-likeness (QED) is 0.471. The molecule has 0 saturated heterocycles. The van der Waals surface area contributed by atoms with Gasteiger partial charge in [0.25, 0.3) is 11.6 Å². The average molecular weight is 348 g/mol. The van der Waals surface area contributed by atoms with E-state index in [1.807, 2.05) is 16.8 Å². The fourth-order valence-corrected chi connectivity index (χ4v) is 2.60. The third-order valence-corrected chi connectivity index (χ3v) is 3.95. The summed E-state index contributed by atoms with van der Waals surface area (Å²) in [6, 6.07) is 7.34. The van der Waals surface area contributed by atoms with Crippen molar-refractivity contribution in [2.45, 2.75) is 25.9 Å². The molecule has 2 rings (SSSR count). The number of hydrogen-bond acceptors (Lipinski definition) is 6. The summed E-state index contributed by atoms with van der Waals surface area (Å²) < 4.78 is 5.09. The Hall–Kier alpha value is -2.74. The van der Waals surface area contributed by atoms with Crippen LogP contribution < -0.4 is 5.32 Å². The topological polar surface area (TPSA) is 98.5 Å². The number of nitro benzene ring substituents is 1. The first-order chi connectivity index (χ1) is 11.5. The van der Waals surface area contributed by atoms with Gasteiger partial charge < -0.3 is 10.1 Å². The van der Waals surface area contributed by atoms with Gasteiger partial charge in [-0.1, -0.05) is 0 Å². The SMILES string of the molecule is CC(OC(=O)CCc1ccsc1)C(=O)Nc1ccc([N+](=O)[O-])cc1. The third kappa shape index (κ3) is 5.17. The van der Waals surface area contributed by atoms with Crippen LogP contribution in [0.5, 0.6) is 0 Å². The number of non-ortho nitro benzene ring substituents is 1. The van der Waals surface area contributed by atoms with Gasteiger partial charge in [-0.3, -0.25) is 19.7 Å². The molecule has 0 aliphatic carbocycles. The number of ether oxygens (including phenoxy) is 1. The van der Waals surface area contributed by atoms with E-state index in [1.54, 1.807) is 11.3 Å². The first kappa shape index (κ1) is 17.6. The number of amides is 1. The second-order valence-corrected chi connectivity index (χ2v) is 5.84. The van der Waals surface area contributed by atoms with Gasteiger partial charge in [0, 0.05) is 24.2 Å². The zero-order valence-electron chi connectivity index (χ0n) is 12.9. The number of thiophene rings is 1. The van der Waals surface area contributed by atoms with Gasteiger partial charge in [-0.05, 0) is 47.9 Å². The molecule has 1 aromatic heterocycles. The monoisotopic (exact) mass is 348 g/mol. The highest BCUT2D eigenvalue weighted by molar-refractivity contribution is 7.07. The van der Waals surface area contributed by atoms with E-state index >= 15 is 0 Å². The van der Waals surface area contributed by atoms with E-state index in [4.69, 9.17) is 4.74 Å². The van der Waals surface area contributed by atoms with Crippen LogP contribution in [0, 0.1) is 10.1 Å². The molecule has 1 unspecified atom stereocenters. The Morgan fingerprint density at radius 1 is 1.29 bits per heavy atom. The number of aryl methyl sites for hydroxylation is 1. The molecule has 0 radical (unpaired) electrons. The Bertz CT molecular complexity index is 713. The molecule has 0 saturated carbocycles. The fourth-order valence-electron chi connectivity index (χ4n) is 1.90. The van der Waals surface area contributed by atoms with Gasteiger partial charge in [0.2, 0.25) is 0 Å². The van der Waals surface area contributed by atoms with Crippen molar-refractivity contribution in [2.24, 2.45) is 0 Å². The predicted molar refractivity (Wildman–Crippen MR) is 89.9 cm³/mol. The van der Waals surface area contributed by atoms with Crippen LogP contribution in [0.2, 0.25) is 0 Å². The average Bonchev–Trinajstić information content (AvgIpc) is 3.06. The summed E-state index contributed by atoms with van der Waals surface area (Å²) in [5, 5.41) is 17.0. The van der Waals surface area contributed by atoms with Crippen LogP contribution in [-0.2, 0) is 20.7 Å². The highest BCUT2D eigenvalue weighted by Gasteiger charge is 2.18. The van der Waals surface area contributed by atoms with Crippen LogP contribution in [0.1, 0.15) is 18.9 Å². The minimum atomic E-state index is -0.949. The van der Waals surface area contributed by atoms with Gasteiger partial charge in [-0.15, -0.1) is 0 Å². The van der Waals surface area contributed by atoms with Crippen molar-refractivity contribution in [3.63, 3.8) is 0 Å². The number of hydrogen-bond donors (Lipinski definition) is 1. The number of carbonyl (C=O) groups is 2. The predicted octanol–water partition coefficient (Wildman–Crippen LogP) is 3.16. The molecular formula is C16H16N2O5S. The summed E-state index contributed by atoms with van der Waals surface area (Å²) in [6.07, 6.45) is -0.180. The molecule has 126 valence electrons. The fraction of sp³-hybridized carbons (Fsp3) is 0.250. The van der Waals surface area contributed by atoms with E-state index < -0.39 is 22.9 Å². The number of nitro groups is 1. The molecular weight excluding hydrogens is 332 g/mol. The van der Waals surface area contributed by atoms with Gasteiger partial charge in [-0.2, -0.15) is 11.3 Å². The molecule has 0 fully saturated rings. The van der Waals surface area contributed by atoms with Gasteiger partial charge in [0.15, 0.2) is 6.10 Å². The van der Waals surface area contributed by atoms with E-state index in [0.29, 0.717) is 12.1 Å². The van der Waals surface area contributed by atoms with Crippen LogP contribution in [0.15, 0.2) is 41.1 Å². The smallest absolute Gasteiger partial charge is 0.306 e. The molecule has 1 atom stereocenters. The lowest BCUT2D eigenvalue weighted by molar-refractivity contribution is -0.384. The van der Waals surface area contributed by atoms with E-state index in [0.717, 1.165) is 5.56 Å². The normalized spacial score (nSPS) is 11.5. The molecule has 1 amide bonds. The van der Waals surface area contributed by atoms with Crippen molar-refractivity contribution in [1.82, 2.24) is 0 Å². The maximum absolute atomic E-state index is 12.0. The summed E-state index contributed by atoms with van der Waals surface area (Å²) in [5.41, 5.74) is 1.38. The zero-order valence-corrected chi connectivity index (χ0v) is 13.7. The molecule has 1 heterocycles. The van der Waals surface area contributed by atoms with Gasteiger partial charge in [-0.25, -0.2) is 0 Å². The summed E-state index contributed by atoms with van der Waals surface area (Å²) >= 11 is 1.56. The van der Waals surface area contributed by atoms with Crippen molar-refractivity contribution < 1.29 is 19.2 Å². The number of anilines is 1. The molecule has 0 aliphatic heterocycles. The minimum Gasteiger partial charge on any atom is -0.453 e. The molecule has 1 N–H and O–H groups in total. The molecule has 0 spiro atoms. The van der Waals surface area contributed by atoms with Crippen molar-refractivity contribution in [3.8, 4) is 0 Å². The Morgan fingerprint density at radius 2 is 2.00 bits per heavy atom. The molecule has 8 heteroatoms. The highest BCUT2D eigenvalue weighted by atomic mass is 32.1. The molecule has 2 aromatic rings. The second-order valence-electron chi connectivity index (χ2n) is 5.06. The third-order valence-electron chi connectivity index (χ3n) is 3.22. The second kappa shape index (κ2) is 8.21. The minimum absolute atomic E-state index is 0.0686. The maximum atomic E-state index is 12.0. The summed E-state index contributed by atoms with van der Waals surface area (Å²) in [4.78, 5) is 33.8. The van der Waals surface area contributed by atoms with Crippen LogP contribution in [0.4, 0.5) is 11.4 Å². The Labute approximate surface area is 142 Å². The van der Waals surface area contributed by atoms with Crippen LogP contribution in [-0.4, -0.2) is 22.9 Å². The van der Waals surface area contributed by atoms with E-state index in [2.05, 4.69) is 5.32 Å².